The molecule has 104 valence electrons. The maximum absolute atomic E-state index is 6.33. The monoisotopic (exact) mass is 569 g/mol. The van der Waals surface area contributed by atoms with E-state index >= 15 is 0 Å². The van der Waals surface area contributed by atoms with Crippen molar-refractivity contribution in [3.8, 4) is 0 Å². The van der Waals surface area contributed by atoms with Gasteiger partial charge in [-0.15, -0.1) is 0 Å². The second-order valence-electron chi connectivity index (χ2n) is 4.09. The Morgan fingerprint density at radius 1 is 0.526 bits per heavy atom. The summed E-state index contributed by atoms with van der Waals surface area (Å²) in [5.41, 5.74) is 0. The number of rotatable bonds is 0. The van der Waals surface area contributed by atoms with Crippen molar-refractivity contribution in [2.45, 2.75) is 13.3 Å². The van der Waals surface area contributed by atoms with Crippen LogP contribution < -0.4 is 0 Å². The molecule has 3 aliphatic rings. The van der Waals surface area contributed by atoms with Crippen LogP contribution in [0.25, 0.3) is 0 Å². The van der Waals surface area contributed by atoms with Gasteiger partial charge in [0.25, 0.3) is 0 Å². The lowest BCUT2D eigenvalue weighted by Crippen LogP contribution is -2.52. The number of halogens is 9. The largest absolute Gasteiger partial charge is 0.229 e. The summed E-state index contributed by atoms with van der Waals surface area (Å²) in [5, 5.41) is 1.65. The maximum Gasteiger partial charge on any atom is 0.155 e. The van der Waals surface area contributed by atoms with Crippen molar-refractivity contribution >= 4 is 117 Å². The predicted octanol–water partition coefficient (Wildman–Crippen LogP) is 6.67. The van der Waals surface area contributed by atoms with E-state index in [2.05, 4.69) is 47.8 Å². The molecule has 0 bridgehead atoms. The van der Waals surface area contributed by atoms with Crippen molar-refractivity contribution in [2.24, 2.45) is 0 Å². The summed E-state index contributed by atoms with van der Waals surface area (Å²) in [6.07, 6.45) is 0. The van der Waals surface area contributed by atoms with E-state index in [1.54, 1.807) is 4.90 Å². The maximum atomic E-state index is 6.33. The first-order valence-electron chi connectivity index (χ1n) is 4.62. The lowest BCUT2D eigenvalue weighted by atomic mass is 10.3. The second kappa shape index (κ2) is 4.46. The van der Waals surface area contributed by atoms with Gasteiger partial charge in [-0.05, 0) is 0 Å². The minimum Gasteiger partial charge on any atom is -0.229 e. The predicted molar refractivity (Wildman–Crippen MR) is 93.0 cm³/mol. The van der Waals surface area contributed by atoms with Gasteiger partial charge in [0.15, 0.2) is 13.3 Å². The number of hydrogen-bond donors (Lipinski definition) is 0. The van der Waals surface area contributed by atoms with Gasteiger partial charge in [-0.2, -0.15) is 0 Å². The Morgan fingerprint density at radius 3 is 0.842 bits per heavy atom. The average Bonchev–Trinajstić information content (AvgIpc) is 2.72. The van der Waals surface area contributed by atoms with Crippen LogP contribution in [0.3, 0.4) is 0 Å². The molecule has 0 aromatic carbocycles. The summed E-state index contributed by atoms with van der Waals surface area (Å²) in [6, 6.07) is 0. The third kappa shape index (κ3) is 1.47. The minimum atomic E-state index is -1.08. The molecule has 0 spiro atoms. The van der Waals surface area contributed by atoms with Gasteiger partial charge in [0.05, 0.1) is 30.2 Å². The van der Waals surface area contributed by atoms with E-state index in [-0.39, 0.29) is 30.2 Å². The van der Waals surface area contributed by atoms with Crippen molar-refractivity contribution < 1.29 is 0 Å². The molecule has 3 rings (SSSR count). The van der Waals surface area contributed by atoms with Crippen LogP contribution in [0.4, 0.5) is 0 Å². The van der Waals surface area contributed by atoms with Crippen LogP contribution in [0.1, 0.15) is 0 Å². The first-order valence-corrected chi connectivity index (χ1v) is 9.27. The molecule has 0 N–H and O–H groups in total. The molecular formula is C9Br3Cl6N. The number of nitrogens with zero attached hydrogens (tertiary/aromatic N) is 1. The molecular weight excluding hydrogens is 575 g/mol. The summed E-state index contributed by atoms with van der Waals surface area (Å²) in [4.78, 5) is 1.74. The molecule has 3 heterocycles. The van der Waals surface area contributed by atoms with Gasteiger partial charge in [0.2, 0.25) is 0 Å². The van der Waals surface area contributed by atoms with Crippen molar-refractivity contribution in [1.29, 1.82) is 0 Å². The van der Waals surface area contributed by atoms with Crippen LogP contribution in [0, 0.1) is 0 Å². The van der Waals surface area contributed by atoms with Gasteiger partial charge in [0, 0.05) is 0 Å². The Labute approximate surface area is 164 Å². The van der Waals surface area contributed by atoms with E-state index in [0.717, 1.165) is 0 Å². The standard InChI is InChI=1S/C9Br3Cl6N/c10-7-1(13)2(14)8(11)5(17)6(18)9(12,19(7)8)4(16)3(7)15. The Morgan fingerprint density at radius 2 is 0.684 bits per heavy atom. The molecule has 0 aromatic heterocycles. The van der Waals surface area contributed by atoms with Crippen LogP contribution in [-0.2, 0) is 0 Å². The summed E-state index contributed by atoms with van der Waals surface area (Å²) < 4.78 is -3.23. The Bertz CT molecular complexity index is 502. The van der Waals surface area contributed by atoms with Gasteiger partial charge in [-0.3, -0.25) is 0 Å². The highest BCUT2D eigenvalue weighted by molar-refractivity contribution is 9.11. The molecule has 0 atom stereocenters. The molecule has 0 aromatic rings. The lowest BCUT2D eigenvalue weighted by molar-refractivity contribution is 0.230. The number of alkyl halides is 3. The highest BCUT2D eigenvalue weighted by Gasteiger charge is 2.76. The highest BCUT2D eigenvalue weighted by Crippen LogP contribution is 2.75. The van der Waals surface area contributed by atoms with Crippen molar-refractivity contribution in [2.75, 3.05) is 0 Å². The highest BCUT2D eigenvalue weighted by atomic mass is 79.9. The fraction of sp³-hybridized carbons (Fsp3) is 0.333. The van der Waals surface area contributed by atoms with E-state index in [1.165, 1.54) is 0 Å². The normalized spacial score (nSPS) is 45.9. The summed E-state index contributed by atoms with van der Waals surface area (Å²) in [7, 11) is 0. The molecule has 3 aliphatic heterocycles. The van der Waals surface area contributed by atoms with Gasteiger partial charge in [0.1, 0.15) is 0 Å². The zero-order valence-corrected chi connectivity index (χ0v) is 17.6. The Kier molecular flexibility index (Phi) is 3.81. The first-order chi connectivity index (χ1) is 8.56. The third-order valence-corrected chi connectivity index (χ3v) is 11.1. The molecule has 0 aliphatic carbocycles. The van der Waals surface area contributed by atoms with Crippen LogP contribution in [-0.4, -0.2) is 18.2 Å². The van der Waals surface area contributed by atoms with Crippen LogP contribution >= 0.6 is 117 Å². The Hall–Kier alpha value is 2.36. The van der Waals surface area contributed by atoms with Crippen molar-refractivity contribution in [3.63, 3.8) is 0 Å². The van der Waals surface area contributed by atoms with E-state index in [9.17, 15) is 0 Å². The van der Waals surface area contributed by atoms with E-state index in [4.69, 9.17) is 69.6 Å². The zero-order valence-electron chi connectivity index (χ0n) is 8.35. The molecule has 1 nitrogen and oxygen atoms in total. The van der Waals surface area contributed by atoms with Crippen LogP contribution in [0.15, 0.2) is 30.2 Å². The average molecular weight is 575 g/mol. The van der Waals surface area contributed by atoms with Crippen molar-refractivity contribution in [1.82, 2.24) is 4.90 Å². The van der Waals surface area contributed by atoms with Crippen LogP contribution in [0.2, 0.25) is 0 Å². The fourth-order valence-corrected chi connectivity index (χ4v) is 8.61. The molecule has 10 heteroatoms. The molecule has 19 heavy (non-hydrogen) atoms. The molecule has 0 fully saturated rings. The van der Waals surface area contributed by atoms with E-state index < -0.39 is 13.3 Å². The van der Waals surface area contributed by atoms with Gasteiger partial charge in [-0.1, -0.05) is 117 Å². The topological polar surface area (TPSA) is 3.24 Å². The summed E-state index contributed by atoms with van der Waals surface area (Å²) >= 11 is 48.5. The SMILES string of the molecule is ClC1=C(Cl)C2(Br)C(Cl)=C(Cl)C3(Br)C(Cl)=C(Cl)C1(Br)N23. The third-order valence-electron chi connectivity index (χ3n) is 3.25. The first kappa shape index (κ1) is 16.2. The molecule has 0 saturated carbocycles. The minimum absolute atomic E-state index is 0.276. The quantitative estimate of drug-likeness (QED) is 0.231. The van der Waals surface area contributed by atoms with Crippen molar-refractivity contribution in [3.05, 3.63) is 30.2 Å². The molecule has 0 unspecified atom stereocenters. The second-order valence-corrected chi connectivity index (χ2v) is 9.80. The summed E-state index contributed by atoms with van der Waals surface area (Å²) in [6.45, 7) is 0. The smallest absolute Gasteiger partial charge is 0.155 e. The van der Waals surface area contributed by atoms with E-state index in [0.29, 0.717) is 0 Å². The number of hydrogen-bond acceptors (Lipinski definition) is 1. The lowest BCUT2D eigenvalue weighted by Gasteiger charge is -2.39. The zero-order chi connectivity index (χ0) is 14.5. The molecule has 0 saturated heterocycles. The Balaban J connectivity index is 2.47. The molecule has 0 amide bonds. The van der Waals surface area contributed by atoms with Gasteiger partial charge in [-0.25, -0.2) is 4.90 Å². The van der Waals surface area contributed by atoms with E-state index in [1.807, 2.05) is 0 Å². The molecule has 0 radical (unpaired) electrons. The van der Waals surface area contributed by atoms with Gasteiger partial charge >= 0.3 is 0 Å². The fourth-order valence-electron chi connectivity index (χ4n) is 2.39. The van der Waals surface area contributed by atoms with Crippen LogP contribution in [0.5, 0.6) is 0 Å². The summed E-state index contributed by atoms with van der Waals surface area (Å²) in [5.74, 6) is 0. The van der Waals surface area contributed by atoms with Gasteiger partial charge < -0.3 is 0 Å².